The number of fused-ring (bicyclic) bond motifs is 1. The summed E-state index contributed by atoms with van der Waals surface area (Å²) in [5, 5.41) is 2.57. The summed E-state index contributed by atoms with van der Waals surface area (Å²) in [6.45, 7) is 4.68. The molecule has 1 fully saturated rings. The van der Waals surface area contributed by atoms with Gasteiger partial charge < -0.3 is 18.9 Å². The molecule has 2 heterocycles. The number of anilines is 1. The van der Waals surface area contributed by atoms with Crippen molar-refractivity contribution in [3.8, 4) is 23.0 Å². The summed E-state index contributed by atoms with van der Waals surface area (Å²) in [6, 6.07) is 10.3. The molecule has 2 aliphatic heterocycles. The zero-order valence-electron chi connectivity index (χ0n) is 17.0. The van der Waals surface area contributed by atoms with E-state index in [9.17, 15) is 9.59 Å². The minimum atomic E-state index is -0.590. The highest BCUT2D eigenvalue weighted by atomic mass is 32.1. The molecular formula is C22H20N2O6S. The Kier molecular flexibility index (Phi) is 5.77. The minimum absolute atomic E-state index is 0.00323. The van der Waals surface area contributed by atoms with Crippen LogP contribution in [0.5, 0.6) is 23.0 Å². The SMILES string of the molecule is CCOc1cccc(N2C(=O)/C(=C\c3cc4c(cc3OCC)OCO4)C(=O)NC2=S)c1. The first kappa shape index (κ1) is 20.7. The van der Waals surface area contributed by atoms with Crippen LogP contribution >= 0.6 is 12.2 Å². The lowest BCUT2D eigenvalue weighted by atomic mass is 10.1. The smallest absolute Gasteiger partial charge is 0.270 e. The van der Waals surface area contributed by atoms with Crippen molar-refractivity contribution in [1.82, 2.24) is 5.32 Å². The third-order valence-corrected chi connectivity index (χ3v) is 4.88. The number of carbonyl (C=O) groups excluding carboxylic acids is 2. The van der Waals surface area contributed by atoms with Crippen molar-refractivity contribution in [2.75, 3.05) is 24.9 Å². The third kappa shape index (κ3) is 4.04. The number of amides is 2. The maximum absolute atomic E-state index is 13.3. The lowest BCUT2D eigenvalue weighted by Crippen LogP contribution is -2.54. The lowest BCUT2D eigenvalue weighted by molar-refractivity contribution is -0.122. The highest BCUT2D eigenvalue weighted by Crippen LogP contribution is 2.39. The summed E-state index contributed by atoms with van der Waals surface area (Å²) in [5.41, 5.74) is 0.915. The molecule has 31 heavy (non-hydrogen) atoms. The molecule has 1 N–H and O–H groups in total. The Morgan fingerprint density at radius 1 is 1.10 bits per heavy atom. The van der Waals surface area contributed by atoms with Gasteiger partial charge in [0.2, 0.25) is 6.79 Å². The number of benzene rings is 2. The van der Waals surface area contributed by atoms with Crippen molar-refractivity contribution >= 4 is 40.9 Å². The molecule has 160 valence electrons. The average Bonchev–Trinajstić information content (AvgIpc) is 3.19. The molecule has 4 rings (SSSR count). The Labute approximate surface area is 184 Å². The van der Waals surface area contributed by atoms with Crippen molar-refractivity contribution < 1.29 is 28.5 Å². The third-order valence-electron chi connectivity index (χ3n) is 4.59. The van der Waals surface area contributed by atoms with Gasteiger partial charge in [-0.05, 0) is 50.3 Å². The molecule has 0 unspecified atom stereocenters. The van der Waals surface area contributed by atoms with E-state index in [-0.39, 0.29) is 17.5 Å². The average molecular weight is 440 g/mol. The summed E-state index contributed by atoms with van der Waals surface area (Å²) in [4.78, 5) is 27.2. The molecule has 2 amide bonds. The number of nitrogens with zero attached hydrogens (tertiary/aromatic N) is 1. The van der Waals surface area contributed by atoms with Crippen LogP contribution in [-0.2, 0) is 9.59 Å². The van der Waals surface area contributed by atoms with Crippen molar-refractivity contribution in [3.05, 3.63) is 47.5 Å². The Morgan fingerprint density at radius 2 is 1.84 bits per heavy atom. The van der Waals surface area contributed by atoms with E-state index in [2.05, 4.69) is 5.32 Å². The van der Waals surface area contributed by atoms with E-state index < -0.39 is 11.8 Å². The van der Waals surface area contributed by atoms with Crippen molar-refractivity contribution in [3.63, 3.8) is 0 Å². The van der Waals surface area contributed by atoms with Crippen LogP contribution in [0.4, 0.5) is 5.69 Å². The van der Waals surface area contributed by atoms with Gasteiger partial charge in [0.25, 0.3) is 11.8 Å². The maximum atomic E-state index is 13.3. The van der Waals surface area contributed by atoms with Gasteiger partial charge in [-0.3, -0.25) is 19.8 Å². The fraction of sp³-hybridized carbons (Fsp3) is 0.227. The number of rotatable bonds is 6. The first-order chi connectivity index (χ1) is 15.0. The second-order valence-corrected chi connectivity index (χ2v) is 6.95. The fourth-order valence-corrected chi connectivity index (χ4v) is 3.54. The van der Waals surface area contributed by atoms with E-state index >= 15 is 0 Å². The van der Waals surface area contributed by atoms with E-state index in [0.29, 0.717) is 47.5 Å². The molecular weight excluding hydrogens is 420 g/mol. The molecule has 0 saturated carbocycles. The van der Waals surface area contributed by atoms with Crippen LogP contribution in [0.1, 0.15) is 19.4 Å². The van der Waals surface area contributed by atoms with Crippen molar-refractivity contribution in [2.45, 2.75) is 13.8 Å². The highest BCUT2D eigenvalue weighted by Gasteiger charge is 2.35. The summed E-state index contributed by atoms with van der Waals surface area (Å²) in [5.74, 6) is 0.969. The van der Waals surface area contributed by atoms with Crippen LogP contribution in [0.2, 0.25) is 0 Å². The van der Waals surface area contributed by atoms with Crippen LogP contribution < -0.4 is 29.2 Å². The second-order valence-electron chi connectivity index (χ2n) is 6.56. The number of ether oxygens (including phenoxy) is 4. The van der Waals surface area contributed by atoms with Crippen LogP contribution in [0.25, 0.3) is 6.08 Å². The molecule has 9 heteroatoms. The molecule has 0 atom stereocenters. The van der Waals surface area contributed by atoms with Gasteiger partial charge in [0, 0.05) is 17.7 Å². The Hall–Kier alpha value is -3.59. The zero-order valence-corrected chi connectivity index (χ0v) is 17.8. The van der Waals surface area contributed by atoms with Gasteiger partial charge in [-0.15, -0.1) is 0 Å². The number of thiocarbonyl (C=S) groups is 1. The largest absolute Gasteiger partial charge is 0.494 e. The van der Waals surface area contributed by atoms with Crippen LogP contribution in [-0.4, -0.2) is 36.9 Å². The molecule has 1 saturated heterocycles. The molecule has 0 spiro atoms. The zero-order chi connectivity index (χ0) is 22.0. The summed E-state index contributed by atoms with van der Waals surface area (Å²) in [7, 11) is 0. The van der Waals surface area contributed by atoms with E-state index in [1.165, 1.54) is 11.0 Å². The van der Waals surface area contributed by atoms with Crippen LogP contribution in [0, 0.1) is 0 Å². The van der Waals surface area contributed by atoms with Gasteiger partial charge in [-0.1, -0.05) is 6.07 Å². The number of nitrogens with one attached hydrogen (secondary N) is 1. The predicted octanol–water partition coefficient (Wildman–Crippen LogP) is 3.04. The first-order valence-electron chi connectivity index (χ1n) is 9.72. The predicted molar refractivity (Wildman–Crippen MR) is 118 cm³/mol. The van der Waals surface area contributed by atoms with Crippen LogP contribution in [0.15, 0.2) is 42.0 Å². The summed E-state index contributed by atoms with van der Waals surface area (Å²) < 4.78 is 22.0. The molecule has 2 aliphatic rings. The lowest BCUT2D eigenvalue weighted by Gasteiger charge is -2.29. The number of hydrogen-bond donors (Lipinski definition) is 1. The molecule has 2 aromatic rings. The molecule has 0 aromatic heterocycles. The highest BCUT2D eigenvalue weighted by molar-refractivity contribution is 7.80. The molecule has 0 radical (unpaired) electrons. The van der Waals surface area contributed by atoms with Gasteiger partial charge >= 0.3 is 0 Å². The standard InChI is InChI=1S/C22H20N2O6S/c1-3-27-15-7-5-6-14(10-15)24-21(26)16(20(25)23-22(24)31)8-13-9-18-19(30-12-29-18)11-17(13)28-4-2/h5-11H,3-4,12H2,1-2H3,(H,23,25,31)/b16-8-. The van der Waals surface area contributed by atoms with Gasteiger partial charge in [0.1, 0.15) is 17.1 Å². The van der Waals surface area contributed by atoms with E-state index in [1.54, 1.807) is 36.4 Å². The van der Waals surface area contributed by atoms with Gasteiger partial charge in [0.05, 0.1) is 18.9 Å². The molecule has 8 nitrogen and oxygen atoms in total. The minimum Gasteiger partial charge on any atom is -0.494 e. The number of hydrogen-bond acceptors (Lipinski definition) is 7. The van der Waals surface area contributed by atoms with Gasteiger partial charge in [0.15, 0.2) is 16.6 Å². The maximum Gasteiger partial charge on any atom is 0.270 e. The first-order valence-corrected chi connectivity index (χ1v) is 10.1. The molecule has 2 aromatic carbocycles. The topological polar surface area (TPSA) is 86.3 Å². The van der Waals surface area contributed by atoms with Crippen molar-refractivity contribution in [2.24, 2.45) is 0 Å². The Morgan fingerprint density at radius 3 is 2.58 bits per heavy atom. The quantitative estimate of drug-likeness (QED) is 0.420. The summed E-state index contributed by atoms with van der Waals surface area (Å²) in [6.07, 6.45) is 1.46. The van der Waals surface area contributed by atoms with Gasteiger partial charge in [-0.2, -0.15) is 0 Å². The monoisotopic (exact) mass is 440 g/mol. The molecule has 0 bridgehead atoms. The normalized spacial score (nSPS) is 16.5. The molecule has 0 aliphatic carbocycles. The Balaban J connectivity index is 1.74. The van der Waals surface area contributed by atoms with E-state index in [0.717, 1.165) is 0 Å². The number of carbonyl (C=O) groups is 2. The van der Waals surface area contributed by atoms with Gasteiger partial charge in [-0.25, -0.2) is 0 Å². The second kappa shape index (κ2) is 8.65. The summed E-state index contributed by atoms with van der Waals surface area (Å²) >= 11 is 5.26. The van der Waals surface area contributed by atoms with E-state index in [4.69, 9.17) is 31.2 Å². The Bertz CT molecular complexity index is 1100. The fourth-order valence-electron chi connectivity index (χ4n) is 3.26. The van der Waals surface area contributed by atoms with Crippen molar-refractivity contribution in [1.29, 1.82) is 0 Å². The van der Waals surface area contributed by atoms with Crippen LogP contribution in [0.3, 0.4) is 0 Å². The van der Waals surface area contributed by atoms with E-state index in [1.807, 2.05) is 13.8 Å².